The molecular weight excluding hydrogens is 332 g/mol. The first-order valence-corrected chi connectivity index (χ1v) is 9.54. The van der Waals surface area contributed by atoms with Gasteiger partial charge in [-0.3, -0.25) is 0 Å². The Kier molecular flexibility index (Phi) is 4.76. The van der Waals surface area contributed by atoms with Gasteiger partial charge in [0.2, 0.25) is 0 Å². The second-order valence-corrected chi connectivity index (χ2v) is 7.33. The van der Waals surface area contributed by atoms with Crippen LogP contribution in [0.5, 0.6) is 5.75 Å². The Morgan fingerprint density at radius 3 is 1.85 bits per heavy atom. The van der Waals surface area contributed by atoms with Crippen LogP contribution in [0.2, 0.25) is 0 Å². The van der Waals surface area contributed by atoms with Gasteiger partial charge in [-0.1, -0.05) is 60.7 Å². The van der Waals surface area contributed by atoms with E-state index >= 15 is 0 Å². The summed E-state index contributed by atoms with van der Waals surface area (Å²) in [4.78, 5) is 4.84. The molecule has 0 radical (unpaired) electrons. The van der Waals surface area contributed by atoms with Crippen molar-refractivity contribution >= 4 is 11.4 Å². The standard InChI is InChI=1S/C24H26N2O/c1-18-19(2)24-22(15-23(18)27)25(16-20-9-5-3-6-10-20)13-14-26(24)17-21-11-7-4-8-12-21/h3-12,15,27H,13-14,16-17H2,1-2H3. The number of nitrogens with zero attached hydrogens (tertiary/aromatic N) is 2. The Hall–Kier alpha value is -2.94. The summed E-state index contributed by atoms with van der Waals surface area (Å²) < 4.78 is 0. The van der Waals surface area contributed by atoms with Crippen LogP contribution < -0.4 is 9.80 Å². The van der Waals surface area contributed by atoms with Crippen molar-refractivity contribution in [2.75, 3.05) is 22.9 Å². The molecule has 0 saturated heterocycles. The van der Waals surface area contributed by atoms with E-state index < -0.39 is 0 Å². The number of rotatable bonds is 4. The van der Waals surface area contributed by atoms with Crippen LogP contribution in [0.15, 0.2) is 66.7 Å². The summed E-state index contributed by atoms with van der Waals surface area (Å²) in [6.45, 7) is 7.78. The lowest BCUT2D eigenvalue weighted by Gasteiger charge is -2.40. The van der Waals surface area contributed by atoms with Gasteiger partial charge in [0, 0.05) is 32.2 Å². The van der Waals surface area contributed by atoms with Crippen molar-refractivity contribution in [3.8, 4) is 5.75 Å². The molecule has 27 heavy (non-hydrogen) atoms. The number of phenols is 1. The molecule has 1 N–H and O–H groups in total. The van der Waals surface area contributed by atoms with Gasteiger partial charge >= 0.3 is 0 Å². The SMILES string of the molecule is Cc1c(O)cc2c(c1C)N(Cc1ccccc1)CCN2Cc1ccccc1. The van der Waals surface area contributed by atoms with Crippen molar-refractivity contribution in [3.05, 3.63) is 89.0 Å². The lowest BCUT2D eigenvalue weighted by Crippen LogP contribution is -2.41. The van der Waals surface area contributed by atoms with Gasteiger partial charge in [-0.15, -0.1) is 0 Å². The van der Waals surface area contributed by atoms with E-state index in [2.05, 4.69) is 77.4 Å². The number of anilines is 2. The summed E-state index contributed by atoms with van der Waals surface area (Å²) in [5.74, 6) is 0.380. The smallest absolute Gasteiger partial charge is 0.120 e. The second-order valence-electron chi connectivity index (χ2n) is 7.33. The molecule has 0 unspecified atom stereocenters. The van der Waals surface area contributed by atoms with Crippen LogP contribution in [-0.4, -0.2) is 18.2 Å². The topological polar surface area (TPSA) is 26.7 Å². The lowest BCUT2D eigenvalue weighted by atomic mass is 10.00. The van der Waals surface area contributed by atoms with E-state index in [-0.39, 0.29) is 0 Å². The second kappa shape index (κ2) is 7.36. The maximum Gasteiger partial charge on any atom is 0.120 e. The van der Waals surface area contributed by atoms with E-state index in [9.17, 15) is 5.11 Å². The summed E-state index contributed by atoms with van der Waals surface area (Å²) in [5.41, 5.74) is 7.10. The molecular formula is C24H26N2O. The van der Waals surface area contributed by atoms with Gasteiger partial charge in [0.05, 0.1) is 11.4 Å². The van der Waals surface area contributed by atoms with E-state index in [1.165, 1.54) is 22.4 Å². The quantitative estimate of drug-likeness (QED) is 0.708. The zero-order valence-corrected chi connectivity index (χ0v) is 16.0. The van der Waals surface area contributed by atoms with Crippen LogP contribution in [0.1, 0.15) is 22.3 Å². The number of aromatic hydroxyl groups is 1. The number of phenolic OH excluding ortho intramolecular Hbond substituents is 1. The van der Waals surface area contributed by atoms with Crippen LogP contribution >= 0.6 is 0 Å². The molecule has 138 valence electrons. The van der Waals surface area contributed by atoms with Crippen LogP contribution in [0.3, 0.4) is 0 Å². The highest BCUT2D eigenvalue weighted by molar-refractivity contribution is 5.80. The van der Waals surface area contributed by atoms with Crippen molar-refractivity contribution in [3.63, 3.8) is 0 Å². The maximum absolute atomic E-state index is 10.5. The number of benzene rings is 3. The maximum atomic E-state index is 10.5. The van der Waals surface area contributed by atoms with Crippen molar-refractivity contribution in [2.45, 2.75) is 26.9 Å². The summed E-state index contributed by atoms with van der Waals surface area (Å²) in [5, 5.41) is 10.5. The third-order valence-corrected chi connectivity index (χ3v) is 5.55. The number of fused-ring (bicyclic) bond motifs is 1. The van der Waals surface area contributed by atoms with Crippen molar-refractivity contribution < 1.29 is 5.11 Å². The largest absolute Gasteiger partial charge is 0.508 e. The van der Waals surface area contributed by atoms with Crippen LogP contribution in [-0.2, 0) is 13.1 Å². The van der Waals surface area contributed by atoms with E-state index in [1.807, 2.05) is 13.0 Å². The van der Waals surface area contributed by atoms with Crippen LogP contribution in [0.25, 0.3) is 0 Å². The molecule has 0 aliphatic carbocycles. The van der Waals surface area contributed by atoms with E-state index in [0.717, 1.165) is 37.4 Å². The fraction of sp³-hybridized carbons (Fsp3) is 0.250. The fourth-order valence-corrected chi connectivity index (χ4v) is 3.91. The molecule has 0 spiro atoms. The average molecular weight is 358 g/mol. The summed E-state index contributed by atoms with van der Waals surface area (Å²) in [7, 11) is 0. The molecule has 3 aromatic carbocycles. The van der Waals surface area contributed by atoms with Gasteiger partial charge in [0.15, 0.2) is 0 Å². The molecule has 0 fully saturated rings. The van der Waals surface area contributed by atoms with Gasteiger partial charge < -0.3 is 14.9 Å². The van der Waals surface area contributed by atoms with E-state index in [0.29, 0.717) is 5.75 Å². The molecule has 3 nitrogen and oxygen atoms in total. The predicted molar refractivity (Wildman–Crippen MR) is 113 cm³/mol. The Bertz CT molecular complexity index is 922. The zero-order chi connectivity index (χ0) is 18.8. The summed E-state index contributed by atoms with van der Waals surface area (Å²) in [6.07, 6.45) is 0. The van der Waals surface area contributed by atoms with Gasteiger partial charge in [-0.25, -0.2) is 0 Å². The normalized spacial score (nSPS) is 13.6. The average Bonchev–Trinajstić information content (AvgIpc) is 2.69. The van der Waals surface area contributed by atoms with E-state index in [4.69, 9.17) is 0 Å². The molecule has 0 saturated carbocycles. The minimum absolute atomic E-state index is 0.380. The van der Waals surface area contributed by atoms with Crippen LogP contribution in [0.4, 0.5) is 11.4 Å². The van der Waals surface area contributed by atoms with Crippen molar-refractivity contribution in [1.82, 2.24) is 0 Å². The molecule has 0 atom stereocenters. The molecule has 4 rings (SSSR count). The molecule has 0 bridgehead atoms. The Labute approximate surface area is 161 Å². The van der Waals surface area contributed by atoms with Gasteiger partial charge in [-0.05, 0) is 36.1 Å². The predicted octanol–water partition coefficient (Wildman–Crippen LogP) is 5.04. The minimum atomic E-state index is 0.380. The fourth-order valence-electron chi connectivity index (χ4n) is 3.91. The van der Waals surface area contributed by atoms with Gasteiger partial charge in [-0.2, -0.15) is 0 Å². The zero-order valence-electron chi connectivity index (χ0n) is 16.0. The molecule has 1 aliphatic heterocycles. The molecule has 1 aliphatic rings. The summed E-state index contributed by atoms with van der Waals surface area (Å²) >= 11 is 0. The Morgan fingerprint density at radius 2 is 1.26 bits per heavy atom. The molecule has 1 heterocycles. The molecule has 0 amide bonds. The summed E-state index contributed by atoms with van der Waals surface area (Å²) in [6, 6.07) is 23.1. The molecule has 3 aromatic rings. The molecule has 3 heteroatoms. The number of hydrogen-bond donors (Lipinski definition) is 1. The number of hydrogen-bond acceptors (Lipinski definition) is 3. The van der Waals surface area contributed by atoms with Gasteiger partial charge in [0.1, 0.15) is 5.75 Å². The first-order chi connectivity index (χ1) is 13.1. The third-order valence-electron chi connectivity index (χ3n) is 5.55. The first-order valence-electron chi connectivity index (χ1n) is 9.54. The third kappa shape index (κ3) is 3.50. The highest BCUT2D eigenvalue weighted by atomic mass is 16.3. The van der Waals surface area contributed by atoms with Crippen LogP contribution in [0, 0.1) is 13.8 Å². The first kappa shape index (κ1) is 17.5. The van der Waals surface area contributed by atoms with Crippen molar-refractivity contribution in [2.24, 2.45) is 0 Å². The minimum Gasteiger partial charge on any atom is -0.508 e. The molecule has 0 aromatic heterocycles. The lowest BCUT2D eigenvalue weighted by molar-refractivity contribution is 0.470. The Morgan fingerprint density at radius 1 is 0.741 bits per heavy atom. The van der Waals surface area contributed by atoms with E-state index in [1.54, 1.807) is 0 Å². The highest BCUT2D eigenvalue weighted by Crippen LogP contribution is 2.42. The monoisotopic (exact) mass is 358 g/mol. The van der Waals surface area contributed by atoms with Gasteiger partial charge in [0.25, 0.3) is 0 Å². The highest BCUT2D eigenvalue weighted by Gasteiger charge is 2.26. The Balaban J connectivity index is 1.72. The van der Waals surface area contributed by atoms with Crippen molar-refractivity contribution in [1.29, 1.82) is 0 Å².